The predicted octanol–water partition coefficient (Wildman–Crippen LogP) is 13.9. The Morgan fingerprint density at radius 1 is 0.885 bits per heavy atom. The van der Waals surface area contributed by atoms with Crippen LogP contribution in [-0.4, -0.2) is 15.9 Å². The molecule has 0 aliphatic heterocycles. The molecule has 52 heavy (non-hydrogen) atoms. The minimum atomic E-state index is -0.337. The van der Waals surface area contributed by atoms with Crippen molar-refractivity contribution in [1.82, 2.24) is 4.98 Å². The minimum absolute atomic E-state index is 0. The third-order valence-corrected chi connectivity index (χ3v) is 12.5. The van der Waals surface area contributed by atoms with E-state index in [0.717, 1.165) is 70.2 Å². The van der Waals surface area contributed by atoms with Gasteiger partial charge in [-0.1, -0.05) is 104 Å². The third kappa shape index (κ3) is 7.86. The van der Waals surface area contributed by atoms with Crippen molar-refractivity contribution >= 4 is 48.9 Å². The van der Waals surface area contributed by atoms with Crippen LogP contribution < -0.4 is 0 Å². The molecule has 6 heteroatoms. The Balaban J connectivity index is 0.000000289. The number of allylic oxidation sites excluding steroid dienone is 2. The van der Waals surface area contributed by atoms with E-state index < -0.39 is 0 Å². The maximum Gasteiger partial charge on any atom is 0.164 e. The molecule has 0 atom stereocenters. The van der Waals surface area contributed by atoms with Crippen molar-refractivity contribution in [2.75, 3.05) is 0 Å². The van der Waals surface area contributed by atoms with E-state index in [1.165, 1.54) is 32.7 Å². The summed E-state index contributed by atoms with van der Waals surface area (Å²) in [5.41, 5.74) is 7.07. The number of carbonyl (C=O) groups is 1. The Morgan fingerprint density at radius 3 is 2.15 bits per heavy atom. The molecule has 0 amide bonds. The number of aliphatic hydroxyl groups excluding tert-OH is 1. The first-order valence-electron chi connectivity index (χ1n) is 18.4. The van der Waals surface area contributed by atoms with E-state index in [-0.39, 0.29) is 47.9 Å². The number of hydrogen-bond acceptors (Lipinski definition) is 5. The van der Waals surface area contributed by atoms with Crippen molar-refractivity contribution in [3.05, 3.63) is 101 Å². The van der Waals surface area contributed by atoms with E-state index in [2.05, 4.69) is 94.6 Å². The fraction of sp³-hybridized carbons (Fsp3) is 0.391. The zero-order valence-corrected chi connectivity index (χ0v) is 35.9. The Hall–Kier alpha value is -3.57. The molecule has 0 saturated carbocycles. The molecule has 3 aromatic carbocycles. The number of aryl methyl sites for hydroxylation is 2. The molecule has 0 unspecified atom stereocenters. The van der Waals surface area contributed by atoms with E-state index in [9.17, 15) is 9.90 Å². The van der Waals surface area contributed by atoms with Crippen LogP contribution >= 0.6 is 11.3 Å². The van der Waals surface area contributed by atoms with Crippen LogP contribution in [0.15, 0.2) is 82.4 Å². The minimum Gasteiger partial charge on any atom is -0.512 e. The number of nitrogens with zero attached hydrogens (tertiary/aromatic N) is 1. The van der Waals surface area contributed by atoms with Gasteiger partial charge in [0.25, 0.3) is 0 Å². The smallest absolute Gasteiger partial charge is 0.164 e. The van der Waals surface area contributed by atoms with Gasteiger partial charge in [0, 0.05) is 64.6 Å². The Bertz CT molecular complexity index is 2220. The molecule has 6 aromatic rings. The molecule has 3 heterocycles. The number of benzene rings is 3. The molecule has 4 nitrogen and oxygen atoms in total. The predicted molar refractivity (Wildman–Crippen MR) is 218 cm³/mol. The average Bonchev–Trinajstić information content (AvgIpc) is 3.69. The van der Waals surface area contributed by atoms with Crippen LogP contribution in [0, 0.1) is 30.7 Å². The number of fused-ring (bicyclic) bond motifs is 3. The number of furan rings is 1. The second-order valence-electron chi connectivity index (χ2n) is 15.5. The molecule has 1 radical (unpaired) electrons. The van der Waals surface area contributed by atoms with Gasteiger partial charge in [-0.15, -0.1) is 40.5 Å². The van der Waals surface area contributed by atoms with Crippen molar-refractivity contribution in [1.29, 1.82) is 0 Å². The van der Waals surface area contributed by atoms with Gasteiger partial charge in [0.15, 0.2) is 5.78 Å². The molecule has 6 rings (SSSR count). The topological polar surface area (TPSA) is 63.3 Å². The second-order valence-corrected chi connectivity index (χ2v) is 16.4. The summed E-state index contributed by atoms with van der Waals surface area (Å²) in [6.07, 6.45) is 6.60. The van der Waals surface area contributed by atoms with Crippen LogP contribution in [0.2, 0.25) is 0 Å². The fourth-order valence-electron chi connectivity index (χ4n) is 6.68. The maximum absolute atomic E-state index is 12.2. The van der Waals surface area contributed by atoms with Gasteiger partial charge in [0.2, 0.25) is 0 Å². The molecule has 3 aromatic heterocycles. The molecule has 0 aliphatic carbocycles. The standard InChI is InChI=1S/C31H26NOS.C15H28O2.Ir/c1-18-17-34-30-22(18)11-8-12-24(30)29-19(2)27-26(33-29)13-14-32-28(27)21-15-20-9-6-7-10-23(20)25(16-21)31(3,4)5;1-7-14(5,8-2)12(16)11-13(17)15(6,9-3)10-4;/h6-14,16-17H,1-5H3;11,16H,7-10H2,1-6H3;/q-1;;/b;12-11-;. The summed E-state index contributed by atoms with van der Waals surface area (Å²) >= 11 is 1.78. The Labute approximate surface area is 328 Å². The van der Waals surface area contributed by atoms with E-state index in [0.29, 0.717) is 0 Å². The van der Waals surface area contributed by atoms with E-state index in [1.807, 2.05) is 53.8 Å². The number of aliphatic hydroxyl groups is 1. The van der Waals surface area contributed by atoms with Crippen molar-refractivity contribution in [3.63, 3.8) is 0 Å². The quantitative estimate of drug-likeness (QED) is 0.0892. The number of ketones is 1. The summed E-state index contributed by atoms with van der Waals surface area (Å²) in [6, 6.07) is 22.9. The van der Waals surface area contributed by atoms with Gasteiger partial charge in [-0.25, -0.2) is 0 Å². The van der Waals surface area contributed by atoms with Gasteiger partial charge < -0.3 is 9.52 Å². The summed E-state index contributed by atoms with van der Waals surface area (Å²) in [5, 5.41) is 17.1. The zero-order chi connectivity index (χ0) is 37.3. The second kappa shape index (κ2) is 16.2. The van der Waals surface area contributed by atoms with Gasteiger partial charge >= 0.3 is 0 Å². The number of carbonyl (C=O) groups excluding carboxylic acids is 1. The van der Waals surface area contributed by atoms with Gasteiger partial charge in [-0.3, -0.25) is 9.78 Å². The number of rotatable bonds is 9. The number of pyridine rings is 1. The molecule has 0 fully saturated rings. The molecule has 0 spiro atoms. The average molecular weight is 893 g/mol. The summed E-state index contributed by atoms with van der Waals surface area (Å²) in [6.45, 7) is 23.2. The van der Waals surface area contributed by atoms with Gasteiger partial charge in [0.05, 0.1) is 0 Å². The van der Waals surface area contributed by atoms with Crippen molar-refractivity contribution in [2.24, 2.45) is 10.8 Å². The van der Waals surface area contributed by atoms with Crippen LogP contribution in [0.5, 0.6) is 0 Å². The summed E-state index contributed by atoms with van der Waals surface area (Å²) in [7, 11) is 0. The number of thiophene rings is 1. The normalized spacial score (nSPS) is 12.6. The fourth-order valence-corrected chi connectivity index (χ4v) is 7.74. The van der Waals surface area contributed by atoms with Gasteiger partial charge in [-0.2, -0.15) is 0 Å². The third-order valence-electron chi connectivity index (χ3n) is 11.3. The van der Waals surface area contributed by atoms with Crippen LogP contribution in [-0.2, 0) is 30.3 Å². The summed E-state index contributed by atoms with van der Waals surface area (Å²) in [5.74, 6) is 1.21. The SMILES string of the molecule is CCC(C)(CC)C(=O)/C=C(\O)C(C)(CC)CC.Cc1csc2c(-c3oc4ccnc(-c5[c-]c6ccccc6c(C(C)(C)C)c5)c4c3C)cccc12.[Ir]. The monoisotopic (exact) mass is 893 g/mol. The van der Waals surface area contributed by atoms with Crippen molar-refractivity contribution in [3.8, 4) is 22.6 Å². The van der Waals surface area contributed by atoms with Crippen molar-refractivity contribution in [2.45, 2.75) is 107 Å². The first-order valence-corrected chi connectivity index (χ1v) is 19.3. The molecule has 1 N–H and O–H groups in total. The largest absolute Gasteiger partial charge is 0.512 e. The number of aromatic nitrogens is 1. The molecule has 0 aliphatic rings. The van der Waals surface area contributed by atoms with Gasteiger partial charge in [0.1, 0.15) is 17.1 Å². The van der Waals surface area contributed by atoms with Gasteiger partial charge in [-0.05, 0) is 79.0 Å². The number of hydrogen-bond donors (Lipinski definition) is 1. The Morgan fingerprint density at radius 2 is 1.52 bits per heavy atom. The summed E-state index contributed by atoms with van der Waals surface area (Å²) in [4.78, 5) is 17.0. The van der Waals surface area contributed by atoms with Crippen LogP contribution in [0.4, 0.5) is 0 Å². The van der Waals surface area contributed by atoms with Crippen LogP contribution in [0.1, 0.15) is 105 Å². The van der Waals surface area contributed by atoms with E-state index in [1.54, 1.807) is 11.3 Å². The molecular formula is C46H54IrNO3S-. The maximum atomic E-state index is 12.2. The molecule has 0 saturated heterocycles. The molecule has 0 bridgehead atoms. The molecule has 277 valence electrons. The van der Waals surface area contributed by atoms with Crippen LogP contribution in [0.25, 0.3) is 54.4 Å². The first-order chi connectivity index (χ1) is 24.1. The zero-order valence-electron chi connectivity index (χ0n) is 32.7. The Kier molecular flexibility index (Phi) is 12.8. The molecular weight excluding hydrogens is 839 g/mol. The first kappa shape index (κ1) is 41.2. The van der Waals surface area contributed by atoms with Crippen molar-refractivity contribution < 1.29 is 34.4 Å². The van der Waals surface area contributed by atoms with Crippen LogP contribution in [0.3, 0.4) is 0 Å². The van der Waals surface area contributed by atoms with E-state index in [4.69, 9.17) is 9.40 Å². The summed E-state index contributed by atoms with van der Waals surface area (Å²) < 4.78 is 7.77. The van der Waals surface area contributed by atoms with E-state index >= 15 is 0 Å².